The number of allylic oxidation sites excluding steroid dienone is 1. The van der Waals surface area contributed by atoms with E-state index in [4.69, 9.17) is 0 Å². The highest BCUT2D eigenvalue weighted by molar-refractivity contribution is 7.97. The first-order chi connectivity index (χ1) is 15.3. The van der Waals surface area contributed by atoms with E-state index in [0.717, 1.165) is 32.1 Å². The fourth-order valence-electron chi connectivity index (χ4n) is 4.68. The zero-order valence-electron chi connectivity index (χ0n) is 20.1. The lowest BCUT2D eigenvalue weighted by atomic mass is 9.75. The Labute approximate surface area is 196 Å². The number of aliphatic imine (C=N–C) groups is 1. The molecule has 1 aromatic carbocycles. The van der Waals surface area contributed by atoms with Gasteiger partial charge in [0.05, 0.1) is 0 Å². The molecule has 176 valence electrons. The fourth-order valence-corrected chi connectivity index (χ4v) is 4.68. The van der Waals surface area contributed by atoms with Crippen LogP contribution in [0.15, 0.2) is 40.7 Å². The first kappa shape index (κ1) is 26.0. The van der Waals surface area contributed by atoms with Crippen LogP contribution in [0.4, 0.5) is 0 Å². The van der Waals surface area contributed by atoms with Crippen molar-refractivity contribution in [2.24, 2.45) is 4.99 Å². The molecule has 0 unspecified atom stereocenters. The van der Waals surface area contributed by atoms with Gasteiger partial charge in [0.25, 0.3) is 5.91 Å². The number of hydrogen-bond donors (Lipinski definition) is 1. The summed E-state index contributed by atoms with van der Waals surface area (Å²) in [5.74, 6) is 0.269. The van der Waals surface area contributed by atoms with E-state index in [-0.39, 0.29) is 22.8 Å². The SMILES string of the molecule is CCc1cccc(C2(CC(=NC=O)N3CCN(C)C(=O)/C3=C(/C)O)CCCC2)c1.CSC. The summed E-state index contributed by atoms with van der Waals surface area (Å²) in [6.07, 6.45) is 10.5. The first-order valence-electron chi connectivity index (χ1n) is 11.3. The summed E-state index contributed by atoms with van der Waals surface area (Å²) in [5, 5.41) is 10.2. The van der Waals surface area contributed by atoms with E-state index in [2.05, 4.69) is 36.2 Å². The number of hydrogen-bond acceptors (Lipinski definition) is 4. The quantitative estimate of drug-likeness (QED) is 0.230. The number of likely N-dealkylation sites (N-methyl/N-ethyl adjacent to an activating group) is 1. The molecule has 0 radical (unpaired) electrons. The molecule has 1 saturated heterocycles. The molecule has 2 fully saturated rings. The molecule has 6 nitrogen and oxygen atoms in total. The van der Waals surface area contributed by atoms with Gasteiger partial charge in [-0.2, -0.15) is 11.8 Å². The predicted molar refractivity (Wildman–Crippen MR) is 133 cm³/mol. The van der Waals surface area contributed by atoms with Gasteiger partial charge in [0, 0.05) is 32.0 Å². The highest BCUT2D eigenvalue weighted by atomic mass is 32.2. The minimum Gasteiger partial charge on any atom is -0.510 e. The number of carbonyl (C=O) groups excluding carboxylic acids is 2. The van der Waals surface area contributed by atoms with E-state index < -0.39 is 0 Å². The van der Waals surface area contributed by atoms with Crippen LogP contribution in [0.1, 0.15) is 57.1 Å². The van der Waals surface area contributed by atoms with E-state index in [9.17, 15) is 14.7 Å². The van der Waals surface area contributed by atoms with Gasteiger partial charge < -0.3 is 14.9 Å². The Kier molecular flexibility index (Phi) is 9.82. The molecule has 1 aliphatic heterocycles. The average Bonchev–Trinajstić information content (AvgIpc) is 3.25. The van der Waals surface area contributed by atoms with E-state index >= 15 is 0 Å². The zero-order valence-corrected chi connectivity index (χ0v) is 20.9. The Balaban J connectivity index is 0.00000114. The Morgan fingerprint density at radius 3 is 2.47 bits per heavy atom. The number of aliphatic hydroxyl groups excluding tert-OH is 1. The molecule has 0 bridgehead atoms. The molecule has 0 aromatic heterocycles. The predicted octanol–water partition coefficient (Wildman–Crippen LogP) is 4.55. The van der Waals surface area contributed by atoms with Crippen LogP contribution in [-0.4, -0.2) is 65.7 Å². The van der Waals surface area contributed by atoms with E-state index in [1.54, 1.807) is 28.6 Å². The number of amidine groups is 1. The molecule has 0 spiro atoms. The maximum absolute atomic E-state index is 12.7. The number of rotatable bonds is 5. The fraction of sp³-hybridized carbons (Fsp3) is 0.560. The van der Waals surface area contributed by atoms with Gasteiger partial charge >= 0.3 is 0 Å². The zero-order chi connectivity index (χ0) is 23.7. The second kappa shape index (κ2) is 12.1. The molecule has 1 saturated carbocycles. The van der Waals surface area contributed by atoms with Crippen LogP contribution >= 0.6 is 11.8 Å². The summed E-state index contributed by atoms with van der Waals surface area (Å²) < 4.78 is 0. The van der Waals surface area contributed by atoms with Crippen molar-refractivity contribution in [2.45, 2.75) is 57.8 Å². The van der Waals surface area contributed by atoms with E-state index in [1.807, 2.05) is 12.5 Å². The van der Waals surface area contributed by atoms with Crippen LogP contribution < -0.4 is 0 Å². The molecule has 1 N–H and O–H groups in total. The molecule has 1 aromatic rings. The molecule has 32 heavy (non-hydrogen) atoms. The molecular formula is C25H37N3O3S. The van der Waals surface area contributed by atoms with Gasteiger partial charge in [-0.15, -0.1) is 0 Å². The number of aryl methyl sites for hydroxylation is 1. The number of aliphatic hydroxyl groups is 1. The summed E-state index contributed by atoms with van der Waals surface area (Å²) >= 11 is 1.75. The smallest absolute Gasteiger partial charge is 0.273 e. The lowest BCUT2D eigenvalue weighted by Gasteiger charge is -2.39. The second-order valence-corrected chi connectivity index (χ2v) is 9.41. The molecule has 2 amide bonds. The highest BCUT2D eigenvalue weighted by Gasteiger charge is 2.40. The van der Waals surface area contributed by atoms with Crippen molar-refractivity contribution in [1.29, 1.82) is 0 Å². The lowest BCUT2D eigenvalue weighted by Crippen LogP contribution is -2.50. The van der Waals surface area contributed by atoms with Crippen LogP contribution in [0.2, 0.25) is 0 Å². The first-order valence-corrected chi connectivity index (χ1v) is 12.9. The summed E-state index contributed by atoms with van der Waals surface area (Å²) in [7, 11) is 1.72. The Morgan fingerprint density at radius 2 is 1.91 bits per heavy atom. The van der Waals surface area contributed by atoms with Gasteiger partial charge in [0.2, 0.25) is 6.41 Å². The summed E-state index contributed by atoms with van der Waals surface area (Å²) in [6.45, 7) is 4.68. The third kappa shape index (κ3) is 5.94. The standard InChI is InChI=1S/C23H31N3O3.C2H6S/c1-4-18-8-7-9-19(14-18)23(10-5-6-11-23)15-20(24-16-27)26-13-12-25(3)22(29)21(26)17(2)28;1-3-2/h7-9,14,16,28H,4-6,10-13,15H2,1-3H3;1-2H3/b21-17+,24-20?;. The van der Waals surface area contributed by atoms with Crippen LogP contribution in [0.25, 0.3) is 0 Å². The molecule has 3 rings (SSSR count). The van der Waals surface area contributed by atoms with Gasteiger partial charge in [-0.3, -0.25) is 9.59 Å². The van der Waals surface area contributed by atoms with Gasteiger partial charge in [-0.25, -0.2) is 4.99 Å². The number of piperazine rings is 1. The molecule has 1 aliphatic carbocycles. The minimum absolute atomic E-state index is 0.0476. The maximum atomic E-state index is 12.7. The van der Waals surface area contributed by atoms with Crippen LogP contribution in [-0.2, 0) is 21.4 Å². The van der Waals surface area contributed by atoms with Crippen LogP contribution in [0, 0.1) is 0 Å². The lowest BCUT2D eigenvalue weighted by molar-refractivity contribution is -0.129. The van der Waals surface area contributed by atoms with Crippen molar-refractivity contribution in [3.05, 3.63) is 46.8 Å². The van der Waals surface area contributed by atoms with Crippen molar-refractivity contribution in [3.63, 3.8) is 0 Å². The van der Waals surface area contributed by atoms with Crippen molar-refractivity contribution in [3.8, 4) is 0 Å². The van der Waals surface area contributed by atoms with Crippen molar-refractivity contribution in [1.82, 2.24) is 9.80 Å². The summed E-state index contributed by atoms with van der Waals surface area (Å²) in [6, 6.07) is 8.69. The normalized spacial score (nSPS) is 20.0. The van der Waals surface area contributed by atoms with Crippen molar-refractivity contribution < 1.29 is 14.7 Å². The van der Waals surface area contributed by atoms with E-state index in [0.29, 0.717) is 31.8 Å². The topological polar surface area (TPSA) is 73.2 Å². The summed E-state index contributed by atoms with van der Waals surface area (Å²) in [5.41, 5.74) is 2.69. The molecule has 2 aliphatic rings. The second-order valence-electron chi connectivity index (χ2n) is 8.59. The molecule has 7 heteroatoms. The van der Waals surface area contributed by atoms with E-state index in [1.165, 1.54) is 18.1 Å². The van der Waals surface area contributed by atoms with Crippen molar-refractivity contribution in [2.75, 3.05) is 32.6 Å². The van der Waals surface area contributed by atoms with Gasteiger partial charge in [-0.1, -0.05) is 44.0 Å². The molecule has 1 heterocycles. The number of carbonyl (C=O) groups is 2. The maximum Gasteiger partial charge on any atom is 0.273 e. The van der Waals surface area contributed by atoms with Crippen LogP contribution in [0.3, 0.4) is 0 Å². The number of thioether (sulfide) groups is 1. The summed E-state index contributed by atoms with van der Waals surface area (Å²) in [4.78, 5) is 31.6. The van der Waals surface area contributed by atoms with Gasteiger partial charge in [-0.05, 0) is 49.8 Å². The third-order valence-electron chi connectivity index (χ3n) is 6.34. The van der Waals surface area contributed by atoms with Gasteiger partial charge in [0.1, 0.15) is 17.3 Å². The van der Waals surface area contributed by atoms with Crippen LogP contribution in [0.5, 0.6) is 0 Å². The highest BCUT2D eigenvalue weighted by Crippen LogP contribution is 2.45. The Hall–Kier alpha value is -2.28. The average molecular weight is 460 g/mol. The number of amides is 2. The minimum atomic E-state index is -0.247. The van der Waals surface area contributed by atoms with Crippen molar-refractivity contribution >= 4 is 29.9 Å². The van der Waals surface area contributed by atoms with Gasteiger partial charge in [0.15, 0.2) is 0 Å². The Morgan fingerprint density at radius 1 is 1.25 bits per heavy atom. The molecule has 0 atom stereocenters. The number of benzene rings is 1. The Bertz CT molecular complexity index is 856. The largest absolute Gasteiger partial charge is 0.510 e. The third-order valence-corrected chi connectivity index (χ3v) is 6.34. The molecular weight excluding hydrogens is 422 g/mol. The monoisotopic (exact) mass is 459 g/mol. The number of nitrogens with zero attached hydrogens (tertiary/aromatic N) is 3.